The van der Waals surface area contributed by atoms with Gasteiger partial charge in [-0.05, 0) is 18.0 Å². The average molecular weight is 320 g/mol. The highest BCUT2D eigenvalue weighted by atomic mass is 32.2. The van der Waals surface area contributed by atoms with Crippen LogP contribution in [0.5, 0.6) is 0 Å². The first-order valence-electron chi connectivity index (χ1n) is 5.37. The van der Waals surface area contributed by atoms with Gasteiger partial charge < -0.3 is 10.6 Å². The molecule has 104 valence electrons. The molecule has 1 aliphatic rings. The molecular formula is C8H12N6O2S3. The van der Waals surface area contributed by atoms with Gasteiger partial charge in [0.25, 0.3) is 0 Å². The van der Waals surface area contributed by atoms with Crippen LogP contribution < -0.4 is 10.6 Å². The van der Waals surface area contributed by atoms with Gasteiger partial charge in [-0.3, -0.25) is 0 Å². The van der Waals surface area contributed by atoms with Crippen LogP contribution in [0.25, 0.3) is 0 Å². The topological polar surface area (TPSA) is 109 Å². The van der Waals surface area contributed by atoms with Crippen LogP contribution in [0.15, 0.2) is 19.5 Å². The molecule has 2 heterocycles. The van der Waals surface area contributed by atoms with E-state index in [0.29, 0.717) is 6.54 Å². The molecular weight excluding hydrogens is 308 g/mol. The zero-order chi connectivity index (χ0) is 13.7. The summed E-state index contributed by atoms with van der Waals surface area (Å²) in [5.74, 6) is 1.35. The van der Waals surface area contributed by atoms with Crippen molar-refractivity contribution in [2.24, 2.45) is 8.80 Å². The van der Waals surface area contributed by atoms with Crippen LogP contribution in [0, 0.1) is 0 Å². The minimum Gasteiger partial charge on any atom is -0.369 e. The average Bonchev–Trinajstić information content (AvgIpc) is 2.96. The first-order valence-corrected chi connectivity index (χ1v) is 8.58. The van der Waals surface area contributed by atoms with Crippen LogP contribution >= 0.6 is 23.3 Å². The number of hydrogen-bond acceptors (Lipinski definition) is 8. The molecule has 0 bridgehead atoms. The van der Waals surface area contributed by atoms with E-state index in [1.807, 2.05) is 0 Å². The van der Waals surface area contributed by atoms with Gasteiger partial charge in [-0.1, -0.05) is 11.8 Å². The Morgan fingerprint density at radius 3 is 2.84 bits per heavy atom. The summed E-state index contributed by atoms with van der Waals surface area (Å²) in [4.78, 5) is 4.05. The molecule has 0 radical (unpaired) electrons. The number of nitrogens with zero attached hydrogens (tertiary/aromatic N) is 4. The van der Waals surface area contributed by atoms with Crippen LogP contribution in [-0.2, 0) is 10.2 Å². The monoisotopic (exact) mass is 320 g/mol. The van der Waals surface area contributed by atoms with Crippen LogP contribution in [0.2, 0.25) is 0 Å². The molecule has 19 heavy (non-hydrogen) atoms. The summed E-state index contributed by atoms with van der Waals surface area (Å²) >= 11 is 2.88. The number of amidine groups is 2. The Morgan fingerprint density at radius 1 is 1.37 bits per heavy atom. The second kappa shape index (κ2) is 6.30. The predicted molar refractivity (Wildman–Crippen MR) is 76.1 cm³/mol. The van der Waals surface area contributed by atoms with E-state index >= 15 is 0 Å². The smallest absolute Gasteiger partial charge is 0.367 e. The van der Waals surface area contributed by atoms with E-state index in [1.54, 1.807) is 24.3 Å². The number of likely N-dealkylation sites (N-methyl/N-ethyl adjacent to an activating group) is 1. The molecule has 1 aliphatic heterocycles. The Bertz CT molecular complexity index is 580. The van der Waals surface area contributed by atoms with Crippen molar-refractivity contribution in [2.75, 3.05) is 19.3 Å². The van der Waals surface area contributed by atoms with Crippen molar-refractivity contribution in [1.29, 1.82) is 0 Å². The van der Waals surface area contributed by atoms with Gasteiger partial charge in [0.1, 0.15) is 5.51 Å². The SMILES string of the molecule is CNC1=NS(=O)(=O)N=C1NCCCSc1ncsn1. The second-order valence-corrected chi connectivity index (χ2v) is 6.35. The summed E-state index contributed by atoms with van der Waals surface area (Å²) in [6.45, 7) is 0.603. The van der Waals surface area contributed by atoms with Crippen LogP contribution in [0.3, 0.4) is 0 Å². The number of thioether (sulfide) groups is 1. The Balaban J connectivity index is 1.73. The van der Waals surface area contributed by atoms with Gasteiger partial charge >= 0.3 is 10.2 Å². The van der Waals surface area contributed by atoms with Crippen molar-refractivity contribution in [3.8, 4) is 0 Å². The molecule has 0 amide bonds. The first kappa shape index (κ1) is 14.2. The molecule has 0 spiro atoms. The Morgan fingerprint density at radius 2 is 2.16 bits per heavy atom. The minimum atomic E-state index is -3.71. The second-order valence-electron chi connectivity index (χ2n) is 3.42. The quantitative estimate of drug-likeness (QED) is 0.575. The zero-order valence-corrected chi connectivity index (χ0v) is 12.5. The van der Waals surface area contributed by atoms with Crippen LogP contribution in [0.4, 0.5) is 0 Å². The molecule has 0 atom stereocenters. The maximum Gasteiger partial charge on any atom is 0.367 e. The van der Waals surface area contributed by atoms with E-state index in [9.17, 15) is 8.42 Å². The highest BCUT2D eigenvalue weighted by Crippen LogP contribution is 2.13. The molecule has 8 nitrogen and oxygen atoms in total. The van der Waals surface area contributed by atoms with Crippen LogP contribution in [0.1, 0.15) is 6.42 Å². The molecule has 2 N–H and O–H groups in total. The van der Waals surface area contributed by atoms with Gasteiger partial charge in [-0.15, -0.1) is 8.80 Å². The third kappa shape index (κ3) is 4.14. The summed E-state index contributed by atoms with van der Waals surface area (Å²) in [6, 6.07) is 0. The van der Waals surface area contributed by atoms with Crippen molar-refractivity contribution in [3.63, 3.8) is 0 Å². The van der Waals surface area contributed by atoms with E-state index in [2.05, 4.69) is 28.8 Å². The van der Waals surface area contributed by atoms with E-state index in [4.69, 9.17) is 0 Å². The van der Waals surface area contributed by atoms with Crippen molar-refractivity contribution < 1.29 is 8.42 Å². The van der Waals surface area contributed by atoms with Crippen molar-refractivity contribution in [3.05, 3.63) is 5.51 Å². The summed E-state index contributed by atoms with van der Waals surface area (Å²) in [7, 11) is -2.11. The normalized spacial score (nSPS) is 16.9. The Hall–Kier alpha value is -1.20. The maximum atomic E-state index is 11.2. The maximum absolute atomic E-state index is 11.2. The largest absolute Gasteiger partial charge is 0.369 e. The lowest BCUT2D eigenvalue weighted by molar-refractivity contribution is 0.600. The molecule has 0 aliphatic carbocycles. The fraction of sp³-hybridized carbons (Fsp3) is 0.500. The van der Waals surface area contributed by atoms with Gasteiger partial charge in [0.2, 0.25) is 0 Å². The fourth-order valence-electron chi connectivity index (χ4n) is 1.28. The van der Waals surface area contributed by atoms with Gasteiger partial charge in [-0.2, -0.15) is 12.8 Å². The predicted octanol–water partition coefficient (Wildman–Crippen LogP) is -0.115. The molecule has 0 saturated carbocycles. The number of rotatable bonds is 5. The lowest BCUT2D eigenvalue weighted by Gasteiger charge is -2.05. The van der Waals surface area contributed by atoms with Gasteiger partial charge in [0.15, 0.2) is 16.8 Å². The molecule has 0 saturated heterocycles. The van der Waals surface area contributed by atoms with E-state index in [0.717, 1.165) is 17.3 Å². The molecule has 11 heteroatoms. The zero-order valence-electron chi connectivity index (χ0n) is 10.0. The third-order valence-electron chi connectivity index (χ3n) is 2.06. The number of hydrogen-bond donors (Lipinski definition) is 2. The van der Waals surface area contributed by atoms with E-state index in [-0.39, 0.29) is 11.7 Å². The van der Waals surface area contributed by atoms with Gasteiger partial charge in [-0.25, -0.2) is 4.98 Å². The number of nitrogens with one attached hydrogen (secondary N) is 2. The molecule has 0 aromatic carbocycles. The highest BCUT2D eigenvalue weighted by molar-refractivity contribution is 7.99. The number of aromatic nitrogens is 2. The Labute approximate surface area is 119 Å². The first-order chi connectivity index (χ1) is 9.11. The van der Waals surface area contributed by atoms with E-state index < -0.39 is 10.2 Å². The summed E-state index contributed by atoms with van der Waals surface area (Å²) in [6.07, 6.45) is 0.833. The minimum absolute atomic E-state index is 0.244. The standard InChI is InChI=1S/C8H12N6O2S3/c1-9-6-7(14-19(15,16)13-6)10-3-2-4-17-8-11-5-18-12-8/h5H,2-4H2,1H3,(H,9,13)(H,10,14). The summed E-state index contributed by atoms with van der Waals surface area (Å²) in [5.41, 5.74) is 1.69. The summed E-state index contributed by atoms with van der Waals surface area (Å²) in [5, 5.41) is 6.40. The molecule has 2 rings (SSSR count). The van der Waals surface area contributed by atoms with Gasteiger partial charge in [0.05, 0.1) is 0 Å². The highest BCUT2D eigenvalue weighted by Gasteiger charge is 2.22. The molecule has 1 aromatic rings. The van der Waals surface area contributed by atoms with Crippen molar-refractivity contribution in [1.82, 2.24) is 20.0 Å². The molecule has 0 fully saturated rings. The lowest BCUT2D eigenvalue weighted by atomic mass is 10.4. The van der Waals surface area contributed by atoms with Crippen molar-refractivity contribution in [2.45, 2.75) is 11.6 Å². The molecule has 1 aromatic heterocycles. The van der Waals surface area contributed by atoms with Crippen LogP contribution in [-0.4, -0.2) is 48.8 Å². The third-order valence-corrected chi connectivity index (χ3v) is 4.43. The molecule has 0 unspecified atom stereocenters. The van der Waals surface area contributed by atoms with Gasteiger partial charge in [0, 0.05) is 19.3 Å². The van der Waals surface area contributed by atoms with Crippen molar-refractivity contribution >= 4 is 45.2 Å². The van der Waals surface area contributed by atoms with E-state index in [1.165, 1.54) is 11.5 Å². The Kier molecular flexibility index (Phi) is 4.71. The fourth-order valence-corrected chi connectivity index (χ4v) is 3.45. The lowest BCUT2D eigenvalue weighted by Crippen LogP contribution is -2.37. The summed E-state index contributed by atoms with van der Waals surface area (Å²) < 4.78 is 33.4.